The summed E-state index contributed by atoms with van der Waals surface area (Å²) in [6.07, 6.45) is 1.90. The molecule has 0 amide bonds. The number of halogens is 2. The monoisotopic (exact) mass is 303 g/mol. The summed E-state index contributed by atoms with van der Waals surface area (Å²) in [5.74, 6) is 0.629. The highest BCUT2D eigenvalue weighted by Gasteiger charge is 2.47. The van der Waals surface area contributed by atoms with Gasteiger partial charge >= 0.3 is 0 Å². The Labute approximate surface area is 108 Å². The highest BCUT2D eigenvalue weighted by molar-refractivity contribution is 9.10. The third kappa shape index (κ3) is 1.91. The Morgan fingerprint density at radius 3 is 2.47 bits per heavy atom. The Balaban J connectivity index is 2.66. The van der Waals surface area contributed by atoms with Crippen molar-refractivity contribution in [1.82, 2.24) is 0 Å². The van der Waals surface area contributed by atoms with Gasteiger partial charge in [-0.05, 0) is 28.8 Å². The van der Waals surface area contributed by atoms with Crippen LogP contribution in [0.3, 0.4) is 0 Å². The molecule has 5 heteroatoms. The Hall–Kier alpha value is -0.810. The molecule has 0 heterocycles. The third-order valence-electron chi connectivity index (χ3n) is 3.34. The summed E-state index contributed by atoms with van der Waals surface area (Å²) in [6, 6.07) is 1.32. The standard InChI is InChI=1S/C12H15BrFNO2/c1-16-8-5-7(14)10(13)9(11(8)17-2)12(6-15)3-4-12/h5H,3-4,6,15H2,1-2H3. The van der Waals surface area contributed by atoms with Crippen LogP contribution in [0, 0.1) is 5.82 Å². The van der Waals surface area contributed by atoms with Crippen LogP contribution in [0.1, 0.15) is 18.4 Å². The normalized spacial score (nSPS) is 16.8. The number of hydrogen-bond donors (Lipinski definition) is 1. The maximum absolute atomic E-state index is 13.8. The van der Waals surface area contributed by atoms with Crippen LogP contribution in [0.2, 0.25) is 0 Å². The highest BCUT2D eigenvalue weighted by atomic mass is 79.9. The molecule has 1 fully saturated rings. The Kier molecular flexibility index (Phi) is 3.32. The van der Waals surface area contributed by atoms with E-state index in [0.717, 1.165) is 18.4 Å². The van der Waals surface area contributed by atoms with Crippen molar-refractivity contribution in [1.29, 1.82) is 0 Å². The van der Waals surface area contributed by atoms with E-state index in [1.165, 1.54) is 13.2 Å². The molecule has 94 valence electrons. The summed E-state index contributed by atoms with van der Waals surface area (Å²) in [5.41, 5.74) is 6.42. The molecule has 0 aromatic heterocycles. The van der Waals surface area contributed by atoms with Crippen LogP contribution in [-0.4, -0.2) is 20.8 Å². The molecule has 1 saturated carbocycles. The predicted octanol–water partition coefficient (Wildman–Crippen LogP) is 2.60. The van der Waals surface area contributed by atoms with E-state index >= 15 is 0 Å². The fourth-order valence-electron chi connectivity index (χ4n) is 2.12. The lowest BCUT2D eigenvalue weighted by molar-refractivity contribution is 0.345. The van der Waals surface area contributed by atoms with E-state index in [1.54, 1.807) is 7.11 Å². The molecule has 0 radical (unpaired) electrons. The summed E-state index contributed by atoms with van der Waals surface area (Å²) in [6.45, 7) is 0.481. The highest BCUT2D eigenvalue weighted by Crippen LogP contribution is 2.55. The lowest BCUT2D eigenvalue weighted by atomic mass is 9.94. The van der Waals surface area contributed by atoms with Gasteiger partial charge in [0.05, 0.1) is 18.7 Å². The first kappa shape index (κ1) is 12.6. The topological polar surface area (TPSA) is 44.5 Å². The van der Waals surface area contributed by atoms with Gasteiger partial charge in [-0.25, -0.2) is 4.39 Å². The summed E-state index contributed by atoms with van der Waals surface area (Å²) in [5, 5.41) is 0. The number of nitrogens with two attached hydrogens (primary N) is 1. The Morgan fingerprint density at radius 1 is 1.41 bits per heavy atom. The zero-order valence-corrected chi connectivity index (χ0v) is 11.4. The van der Waals surface area contributed by atoms with Crippen LogP contribution in [0.25, 0.3) is 0 Å². The van der Waals surface area contributed by atoms with Gasteiger partial charge in [0, 0.05) is 23.6 Å². The van der Waals surface area contributed by atoms with E-state index in [-0.39, 0.29) is 11.2 Å². The van der Waals surface area contributed by atoms with Crippen molar-refractivity contribution < 1.29 is 13.9 Å². The molecule has 0 saturated heterocycles. The van der Waals surface area contributed by atoms with Gasteiger partial charge in [0.1, 0.15) is 5.82 Å². The van der Waals surface area contributed by atoms with Crippen molar-refractivity contribution >= 4 is 15.9 Å². The van der Waals surface area contributed by atoms with Crippen LogP contribution in [0.5, 0.6) is 11.5 Å². The van der Waals surface area contributed by atoms with Gasteiger partial charge in [0.15, 0.2) is 11.5 Å². The van der Waals surface area contributed by atoms with Gasteiger partial charge < -0.3 is 15.2 Å². The van der Waals surface area contributed by atoms with E-state index in [9.17, 15) is 4.39 Å². The minimum absolute atomic E-state index is 0.167. The quantitative estimate of drug-likeness (QED) is 0.930. The zero-order chi connectivity index (χ0) is 12.6. The minimum Gasteiger partial charge on any atom is -0.493 e. The SMILES string of the molecule is COc1cc(F)c(Br)c(C2(CN)CC2)c1OC. The summed E-state index contributed by atoms with van der Waals surface area (Å²) >= 11 is 3.29. The van der Waals surface area contributed by atoms with Crippen LogP contribution < -0.4 is 15.2 Å². The molecule has 17 heavy (non-hydrogen) atoms. The van der Waals surface area contributed by atoms with E-state index in [0.29, 0.717) is 22.5 Å². The predicted molar refractivity (Wildman–Crippen MR) is 67.2 cm³/mol. The van der Waals surface area contributed by atoms with Crippen LogP contribution >= 0.6 is 15.9 Å². The van der Waals surface area contributed by atoms with Gasteiger partial charge in [-0.1, -0.05) is 0 Å². The molecule has 1 aromatic carbocycles. The van der Waals surface area contributed by atoms with Gasteiger partial charge in [0.25, 0.3) is 0 Å². The van der Waals surface area contributed by atoms with E-state index in [1.807, 2.05) is 0 Å². The summed E-state index contributed by atoms with van der Waals surface area (Å²) < 4.78 is 24.8. The Morgan fingerprint density at radius 2 is 2.06 bits per heavy atom. The molecule has 2 rings (SSSR count). The fraction of sp³-hybridized carbons (Fsp3) is 0.500. The second kappa shape index (κ2) is 4.46. The second-order valence-corrected chi connectivity index (χ2v) is 5.06. The smallest absolute Gasteiger partial charge is 0.165 e. The van der Waals surface area contributed by atoms with Crippen LogP contribution in [-0.2, 0) is 5.41 Å². The first-order chi connectivity index (χ1) is 8.09. The van der Waals surface area contributed by atoms with Gasteiger partial charge in [-0.15, -0.1) is 0 Å². The van der Waals surface area contributed by atoms with Gasteiger partial charge in [-0.2, -0.15) is 0 Å². The van der Waals surface area contributed by atoms with Crippen molar-refractivity contribution in [3.8, 4) is 11.5 Å². The molecule has 0 aliphatic heterocycles. The number of methoxy groups -OCH3 is 2. The lowest BCUT2D eigenvalue weighted by Gasteiger charge is -2.21. The molecular formula is C12H15BrFNO2. The van der Waals surface area contributed by atoms with E-state index < -0.39 is 0 Å². The van der Waals surface area contributed by atoms with Gasteiger partial charge in [-0.3, -0.25) is 0 Å². The van der Waals surface area contributed by atoms with Crippen LogP contribution in [0.15, 0.2) is 10.5 Å². The molecule has 0 unspecified atom stereocenters. The molecule has 1 aromatic rings. The zero-order valence-electron chi connectivity index (χ0n) is 9.85. The first-order valence-corrected chi connectivity index (χ1v) is 6.19. The molecule has 0 bridgehead atoms. The maximum atomic E-state index is 13.8. The second-order valence-electron chi connectivity index (χ2n) is 4.27. The number of benzene rings is 1. The van der Waals surface area contributed by atoms with Crippen molar-refractivity contribution in [2.24, 2.45) is 5.73 Å². The van der Waals surface area contributed by atoms with Crippen LogP contribution in [0.4, 0.5) is 4.39 Å². The van der Waals surface area contributed by atoms with E-state index in [4.69, 9.17) is 15.2 Å². The average molecular weight is 304 g/mol. The number of ether oxygens (including phenoxy) is 2. The summed E-state index contributed by atoms with van der Waals surface area (Å²) in [7, 11) is 3.05. The average Bonchev–Trinajstić information content (AvgIpc) is 3.12. The molecule has 2 N–H and O–H groups in total. The molecule has 3 nitrogen and oxygen atoms in total. The molecular weight excluding hydrogens is 289 g/mol. The molecule has 0 atom stereocenters. The van der Waals surface area contributed by atoms with Crippen molar-refractivity contribution in [3.05, 3.63) is 21.9 Å². The molecule has 1 aliphatic carbocycles. The van der Waals surface area contributed by atoms with E-state index in [2.05, 4.69) is 15.9 Å². The lowest BCUT2D eigenvalue weighted by Crippen LogP contribution is -2.21. The molecule has 1 aliphatic rings. The maximum Gasteiger partial charge on any atom is 0.165 e. The van der Waals surface area contributed by atoms with Gasteiger partial charge in [0.2, 0.25) is 0 Å². The molecule has 0 spiro atoms. The number of hydrogen-bond acceptors (Lipinski definition) is 3. The third-order valence-corrected chi connectivity index (χ3v) is 4.11. The van der Waals surface area contributed by atoms with Crippen molar-refractivity contribution in [2.45, 2.75) is 18.3 Å². The largest absolute Gasteiger partial charge is 0.493 e. The van der Waals surface area contributed by atoms with Crippen molar-refractivity contribution in [2.75, 3.05) is 20.8 Å². The fourth-order valence-corrected chi connectivity index (χ4v) is 2.84. The van der Waals surface area contributed by atoms with Crippen molar-refractivity contribution in [3.63, 3.8) is 0 Å². The minimum atomic E-state index is -0.350. The summed E-state index contributed by atoms with van der Waals surface area (Å²) in [4.78, 5) is 0. The first-order valence-electron chi connectivity index (χ1n) is 5.40. The Bertz CT molecular complexity index is 447. The number of rotatable bonds is 4.